The third kappa shape index (κ3) is 2.56. The van der Waals surface area contributed by atoms with Crippen molar-refractivity contribution in [2.24, 2.45) is 0 Å². The Balaban J connectivity index is 2.04. The van der Waals surface area contributed by atoms with Gasteiger partial charge in [0.1, 0.15) is 12.4 Å². The van der Waals surface area contributed by atoms with Crippen LogP contribution in [0.25, 0.3) is 0 Å². The lowest BCUT2D eigenvalue weighted by Crippen LogP contribution is -2.43. The zero-order chi connectivity index (χ0) is 14.8. The van der Waals surface area contributed by atoms with Crippen molar-refractivity contribution >= 4 is 5.91 Å². The number of hydrogen-bond donors (Lipinski definition) is 0. The maximum atomic E-state index is 13.6. The van der Waals surface area contributed by atoms with Crippen molar-refractivity contribution in [1.29, 1.82) is 0 Å². The molecule has 0 fully saturated rings. The van der Waals surface area contributed by atoms with Crippen LogP contribution in [0.1, 0.15) is 17.3 Å². The molecule has 1 atom stereocenters. The molecule has 0 spiro atoms. The molecule has 0 bridgehead atoms. The third-order valence-electron chi connectivity index (χ3n) is 3.79. The summed E-state index contributed by atoms with van der Waals surface area (Å²) in [5, 5.41) is 0. The Kier molecular flexibility index (Phi) is 3.75. The van der Waals surface area contributed by atoms with Gasteiger partial charge in [0, 0.05) is 32.1 Å². The van der Waals surface area contributed by atoms with Gasteiger partial charge in [-0.15, -0.1) is 0 Å². The van der Waals surface area contributed by atoms with E-state index >= 15 is 0 Å². The Morgan fingerprint density at radius 3 is 2.95 bits per heavy atom. The molecular formula is C16H17FN2O2. The Hall–Kier alpha value is -2.14. The van der Waals surface area contributed by atoms with Crippen LogP contribution in [-0.4, -0.2) is 35.6 Å². The molecule has 1 aliphatic rings. The maximum Gasteiger partial charge on any atom is 0.249 e. The molecule has 1 amide bonds. The van der Waals surface area contributed by atoms with E-state index in [1.807, 2.05) is 24.4 Å². The lowest BCUT2D eigenvalue weighted by Gasteiger charge is -2.37. The summed E-state index contributed by atoms with van der Waals surface area (Å²) in [6.07, 6.45) is 1.99. The van der Waals surface area contributed by atoms with E-state index in [4.69, 9.17) is 4.74 Å². The molecule has 4 nitrogen and oxygen atoms in total. The van der Waals surface area contributed by atoms with E-state index in [2.05, 4.69) is 4.57 Å². The second kappa shape index (κ2) is 5.69. The molecule has 0 radical (unpaired) electrons. The first kappa shape index (κ1) is 13.8. The molecule has 21 heavy (non-hydrogen) atoms. The van der Waals surface area contributed by atoms with E-state index < -0.39 is 0 Å². The van der Waals surface area contributed by atoms with E-state index in [1.54, 1.807) is 11.0 Å². The summed E-state index contributed by atoms with van der Waals surface area (Å²) in [6.45, 7) is 1.36. The second-order valence-corrected chi connectivity index (χ2v) is 5.10. The van der Waals surface area contributed by atoms with E-state index in [0.29, 0.717) is 6.54 Å². The Bertz CT molecular complexity index is 653. The first-order valence-corrected chi connectivity index (χ1v) is 6.89. The van der Waals surface area contributed by atoms with Crippen molar-refractivity contribution in [1.82, 2.24) is 9.47 Å². The van der Waals surface area contributed by atoms with Crippen molar-refractivity contribution in [2.75, 3.05) is 20.3 Å². The van der Waals surface area contributed by atoms with Gasteiger partial charge >= 0.3 is 0 Å². The van der Waals surface area contributed by atoms with Gasteiger partial charge in [-0.25, -0.2) is 4.39 Å². The van der Waals surface area contributed by atoms with Crippen LogP contribution >= 0.6 is 0 Å². The molecule has 1 aromatic carbocycles. The number of amides is 1. The van der Waals surface area contributed by atoms with Crippen LogP contribution in [-0.2, 0) is 16.1 Å². The van der Waals surface area contributed by atoms with E-state index in [9.17, 15) is 9.18 Å². The normalized spacial score (nSPS) is 17.6. The van der Waals surface area contributed by atoms with Crippen molar-refractivity contribution in [3.05, 3.63) is 59.7 Å². The average Bonchev–Trinajstić information content (AvgIpc) is 2.94. The molecule has 5 heteroatoms. The van der Waals surface area contributed by atoms with Crippen molar-refractivity contribution in [3.63, 3.8) is 0 Å². The highest BCUT2D eigenvalue weighted by Gasteiger charge is 2.31. The minimum absolute atomic E-state index is 0.0343. The first-order chi connectivity index (χ1) is 10.2. The third-order valence-corrected chi connectivity index (χ3v) is 3.79. The molecule has 1 aliphatic heterocycles. The molecule has 2 heterocycles. The fourth-order valence-electron chi connectivity index (χ4n) is 2.89. The fourth-order valence-corrected chi connectivity index (χ4v) is 2.89. The second-order valence-electron chi connectivity index (χ2n) is 5.10. The number of aromatic nitrogens is 1. The predicted octanol–water partition coefficient (Wildman–Crippen LogP) is 2.21. The molecule has 1 unspecified atom stereocenters. The van der Waals surface area contributed by atoms with Crippen LogP contribution in [0.15, 0.2) is 42.6 Å². The number of fused-ring (bicyclic) bond motifs is 1. The van der Waals surface area contributed by atoms with Gasteiger partial charge in [0.2, 0.25) is 5.91 Å². The molecule has 0 saturated heterocycles. The Morgan fingerprint density at radius 2 is 2.19 bits per heavy atom. The van der Waals surface area contributed by atoms with Crippen LogP contribution in [0.2, 0.25) is 0 Å². The van der Waals surface area contributed by atoms with Gasteiger partial charge < -0.3 is 14.2 Å². The summed E-state index contributed by atoms with van der Waals surface area (Å²) in [5.74, 6) is -0.380. The molecule has 0 N–H and O–H groups in total. The van der Waals surface area contributed by atoms with Crippen LogP contribution in [0.5, 0.6) is 0 Å². The lowest BCUT2D eigenvalue weighted by atomic mass is 9.99. The van der Waals surface area contributed by atoms with Gasteiger partial charge in [-0.2, -0.15) is 0 Å². The number of halogens is 1. The van der Waals surface area contributed by atoms with Crippen LogP contribution < -0.4 is 0 Å². The lowest BCUT2D eigenvalue weighted by molar-refractivity contribution is -0.137. The fraction of sp³-hybridized carbons (Fsp3) is 0.312. The van der Waals surface area contributed by atoms with E-state index in [0.717, 1.165) is 17.8 Å². The summed E-state index contributed by atoms with van der Waals surface area (Å²) in [7, 11) is 1.50. The zero-order valence-electron chi connectivity index (χ0n) is 11.8. The highest BCUT2D eigenvalue weighted by atomic mass is 19.1. The average molecular weight is 288 g/mol. The minimum atomic E-state index is -0.296. The number of ether oxygens (including phenoxy) is 1. The number of methoxy groups -OCH3 is 1. The Labute approximate surface area is 122 Å². The van der Waals surface area contributed by atoms with Crippen molar-refractivity contribution in [2.45, 2.75) is 12.6 Å². The van der Waals surface area contributed by atoms with Gasteiger partial charge in [0.15, 0.2) is 0 Å². The summed E-state index contributed by atoms with van der Waals surface area (Å²) in [6, 6.07) is 10.1. The van der Waals surface area contributed by atoms with E-state index in [-0.39, 0.29) is 24.4 Å². The number of carbonyl (C=O) groups is 1. The molecule has 0 saturated carbocycles. The number of nitrogens with zero attached hydrogens (tertiary/aromatic N) is 2. The van der Waals surface area contributed by atoms with Gasteiger partial charge in [-0.3, -0.25) is 4.79 Å². The molecule has 2 aromatic rings. The standard InChI is InChI=1S/C16H17FN2O2/c1-21-11-15(20)19-9-8-18-7-3-6-14(18)16(19)12-4-2-5-13(17)10-12/h2-7,10,16H,8-9,11H2,1H3. The highest BCUT2D eigenvalue weighted by molar-refractivity contribution is 5.78. The topological polar surface area (TPSA) is 34.5 Å². The quantitative estimate of drug-likeness (QED) is 0.868. The maximum absolute atomic E-state index is 13.6. The monoisotopic (exact) mass is 288 g/mol. The molecule has 3 rings (SSSR count). The number of hydrogen-bond acceptors (Lipinski definition) is 2. The molecular weight excluding hydrogens is 271 g/mol. The van der Waals surface area contributed by atoms with Crippen LogP contribution in [0, 0.1) is 5.82 Å². The zero-order valence-corrected chi connectivity index (χ0v) is 11.8. The Morgan fingerprint density at radius 1 is 1.33 bits per heavy atom. The van der Waals surface area contributed by atoms with Crippen LogP contribution in [0.4, 0.5) is 4.39 Å². The molecule has 1 aromatic heterocycles. The summed E-state index contributed by atoms with van der Waals surface area (Å²) >= 11 is 0. The van der Waals surface area contributed by atoms with Crippen molar-refractivity contribution < 1.29 is 13.9 Å². The SMILES string of the molecule is COCC(=O)N1CCn2cccc2C1c1cccc(F)c1. The van der Waals surface area contributed by atoms with Gasteiger partial charge in [0.05, 0.1) is 6.04 Å². The summed E-state index contributed by atoms with van der Waals surface area (Å²) in [5.41, 5.74) is 1.77. The van der Waals surface area contributed by atoms with Crippen molar-refractivity contribution in [3.8, 4) is 0 Å². The largest absolute Gasteiger partial charge is 0.375 e. The summed E-state index contributed by atoms with van der Waals surface area (Å²) < 4.78 is 20.6. The minimum Gasteiger partial charge on any atom is -0.375 e. The smallest absolute Gasteiger partial charge is 0.249 e. The molecule has 0 aliphatic carbocycles. The number of benzene rings is 1. The van der Waals surface area contributed by atoms with Crippen LogP contribution in [0.3, 0.4) is 0 Å². The first-order valence-electron chi connectivity index (χ1n) is 6.89. The predicted molar refractivity (Wildman–Crippen MR) is 76.3 cm³/mol. The van der Waals surface area contributed by atoms with Gasteiger partial charge in [0.25, 0.3) is 0 Å². The highest BCUT2D eigenvalue weighted by Crippen LogP contribution is 2.32. The molecule has 110 valence electrons. The van der Waals surface area contributed by atoms with E-state index in [1.165, 1.54) is 19.2 Å². The number of rotatable bonds is 3. The van der Waals surface area contributed by atoms with Gasteiger partial charge in [-0.05, 0) is 29.8 Å². The van der Waals surface area contributed by atoms with Gasteiger partial charge in [-0.1, -0.05) is 12.1 Å². The summed E-state index contributed by atoms with van der Waals surface area (Å²) in [4.78, 5) is 14.1. The number of carbonyl (C=O) groups excluding carboxylic acids is 1.